The summed E-state index contributed by atoms with van der Waals surface area (Å²) < 4.78 is 5.17. The van der Waals surface area contributed by atoms with Crippen molar-refractivity contribution in [2.75, 3.05) is 38.1 Å². The number of hydrogen-bond acceptors (Lipinski definition) is 6. The molecule has 6 nitrogen and oxygen atoms in total. The molecular weight excluding hydrogens is 304 g/mol. The third-order valence-corrected chi connectivity index (χ3v) is 4.78. The summed E-state index contributed by atoms with van der Waals surface area (Å²) in [5.74, 6) is 0.1000. The molecule has 24 heavy (non-hydrogen) atoms. The molecule has 0 aliphatic carbocycles. The number of anilines is 1. The summed E-state index contributed by atoms with van der Waals surface area (Å²) in [6.07, 6.45) is 2.37. The van der Waals surface area contributed by atoms with E-state index in [1.165, 1.54) is 18.5 Å². The Hall–Kier alpha value is -1.63. The maximum Gasteiger partial charge on any atom is 0.324 e. The van der Waals surface area contributed by atoms with Crippen molar-refractivity contribution in [1.82, 2.24) is 15.8 Å². The maximum atomic E-state index is 12.0. The van der Waals surface area contributed by atoms with Gasteiger partial charge in [-0.2, -0.15) is 0 Å². The molecule has 2 aliphatic rings. The van der Waals surface area contributed by atoms with Gasteiger partial charge in [-0.1, -0.05) is 18.2 Å². The third kappa shape index (κ3) is 4.47. The van der Waals surface area contributed by atoms with Crippen LogP contribution in [0.4, 0.5) is 5.69 Å². The number of carbonyl (C=O) groups excluding carboxylic acids is 1. The SMILES string of the molecule is CCOC(=O)C1NNCC1CN1CCCC(Nc2ccccc2)C1. The van der Waals surface area contributed by atoms with E-state index in [0.717, 1.165) is 26.2 Å². The highest BCUT2D eigenvalue weighted by Gasteiger charge is 2.35. The first kappa shape index (κ1) is 17.2. The highest BCUT2D eigenvalue weighted by molar-refractivity contribution is 5.76. The van der Waals surface area contributed by atoms with Gasteiger partial charge in [0.05, 0.1) is 6.61 Å². The number of nitrogens with one attached hydrogen (secondary N) is 3. The number of benzene rings is 1. The minimum Gasteiger partial charge on any atom is -0.465 e. The fourth-order valence-electron chi connectivity index (χ4n) is 3.63. The van der Waals surface area contributed by atoms with Crippen LogP contribution in [0.2, 0.25) is 0 Å². The van der Waals surface area contributed by atoms with Gasteiger partial charge in [0.25, 0.3) is 0 Å². The van der Waals surface area contributed by atoms with E-state index in [2.05, 4.69) is 45.3 Å². The molecule has 2 saturated heterocycles. The minimum atomic E-state index is -0.243. The molecule has 0 aromatic heterocycles. The van der Waals surface area contributed by atoms with Crippen molar-refractivity contribution < 1.29 is 9.53 Å². The molecule has 1 aromatic carbocycles. The van der Waals surface area contributed by atoms with E-state index < -0.39 is 0 Å². The van der Waals surface area contributed by atoms with E-state index in [1.54, 1.807) is 0 Å². The number of piperidine rings is 1. The monoisotopic (exact) mass is 332 g/mol. The molecule has 2 aliphatic heterocycles. The lowest BCUT2D eigenvalue weighted by atomic mass is 9.98. The first-order chi connectivity index (χ1) is 11.8. The van der Waals surface area contributed by atoms with Crippen LogP contribution in [0.1, 0.15) is 19.8 Å². The van der Waals surface area contributed by atoms with Crippen LogP contribution in [-0.4, -0.2) is 55.7 Å². The first-order valence-electron chi connectivity index (χ1n) is 8.95. The van der Waals surface area contributed by atoms with Crippen molar-refractivity contribution in [3.63, 3.8) is 0 Å². The van der Waals surface area contributed by atoms with E-state index in [0.29, 0.717) is 12.6 Å². The standard InChI is InChI=1S/C18H28N4O2/c1-2-24-18(23)17-14(11-19-21-17)12-22-10-6-9-16(13-22)20-15-7-4-3-5-8-15/h3-5,7-8,14,16-17,19-21H,2,6,9-13H2,1H3. The Balaban J connectivity index is 1.52. The van der Waals surface area contributed by atoms with E-state index in [-0.39, 0.29) is 17.9 Å². The van der Waals surface area contributed by atoms with Gasteiger partial charge in [0, 0.05) is 37.3 Å². The Morgan fingerprint density at radius 3 is 3.00 bits per heavy atom. The van der Waals surface area contributed by atoms with E-state index in [9.17, 15) is 4.79 Å². The molecule has 0 bridgehead atoms. The lowest BCUT2D eigenvalue weighted by Gasteiger charge is -2.35. The molecule has 3 rings (SSSR count). The van der Waals surface area contributed by atoms with Crippen LogP contribution < -0.4 is 16.2 Å². The smallest absolute Gasteiger partial charge is 0.324 e. The zero-order chi connectivity index (χ0) is 16.8. The lowest BCUT2D eigenvalue weighted by Crippen LogP contribution is -2.47. The van der Waals surface area contributed by atoms with Crippen molar-refractivity contribution in [3.8, 4) is 0 Å². The van der Waals surface area contributed by atoms with Crippen molar-refractivity contribution in [2.24, 2.45) is 5.92 Å². The number of para-hydroxylation sites is 1. The maximum absolute atomic E-state index is 12.0. The second kappa shape index (κ2) is 8.46. The second-order valence-corrected chi connectivity index (χ2v) is 6.62. The number of hydrogen-bond donors (Lipinski definition) is 3. The van der Waals surface area contributed by atoms with Gasteiger partial charge in [-0.25, -0.2) is 5.43 Å². The number of carbonyl (C=O) groups is 1. The zero-order valence-corrected chi connectivity index (χ0v) is 14.3. The normalized spacial score (nSPS) is 27.8. The Bertz CT molecular complexity index is 525. The molecular formula is C18H28N4O2. The van der Waals surface area contributed by atoms with Gasteiger partial charge in [-0.15, -0.1) is 0 Å². The summed E-state index contributed by atoms with van der Waals surface area (Å²) in [5, 5.41) is 3.63. The molecule has 3 N–H and O–H groups in total. The van der Waals surface area contributed by atoms with E-state index in [4.69, 9.17) is 4.74 Å². The summed E-state index contributed by atoms with van der Waals surface area (Å²) in [6, 6.07) is 10.6. The summed E-state index contributed by atoms with van der Waals surface area (Å²) in [7, 11) is 0. The van der Waals surface area contributed by atoms with Crippen LogP contribution in [-0.2, 0) is 9.53 Å². The topological polar surface area (TPSA) is 65.6 Å². The molecule has 0 spiro atoms. The van der Waals surface area contributed by atoms with Crippen molar-refractivity contribution in [3.05, 3.63) is 30.3 Å². The summed E-state index contributed by atoms with van der Waals surface area (Å²) in [6.45, 7) is 6.10. The molecule has 1 aromatic rings. The average molecular weight is 332 g/mol. The number of esters is 1. The van der Waals surface area contributed by atoms with Gasteiger partial charge >= 0.3 is 5.97 Å². The Kier molecular flexibility index (Phi) is 6.07. The van der Waals surface area contributed by atoms with Crippen LogP contribution in [0.3, 0.4) is 0 Å². The predicted octanol–water partition coefficient (Wildman–Crippen LogP) is 1.22. The summed E-state index contributed by atoms with van der Waals surface area (Å²) in [5.41, 5.74) is 7.35. The summed E-state index contributed by atoms with van der Waals surface area (Å²) >= 11 is 0. The molecule has 2 heterocycles. The van der Waals surface area contributed by atoms with Gasteiger partial charge in [0.1, 0.15) is 6.04 Å². The summed E-state index contributed by atoms with van der Waals surface area (Å²) in [4.78, 5) is 14.5. The van der Waals surface area contributed by atoms with Crippen LogP contribution >= 0.6 is 0 Å². The van der Waals surface area contributed by atoms with Crippen LogP contribution in [0, 0.1) is 5.92 Å². The molecule has 2 fully saturated rings. The van der Waals surface area contributed by atoms with E-state index >= 15 is 0 Å². The highest BCUT2D eigenvalue weighted by Crippen LogP contribution is 2.19. The number of ether oxygens (including phenoxy) is 1. The quantitative estimate of drug-likeness (QED) is 0.681. The molecule has 6 heteroatoms. The van der Waals surface area contributed by atoms with Crippen molar-refractivity contribution in [1.29, 1.82) is 0 Å². The number of hydrazine groups is 1. The molecule has 3 unspecified atom stereocenters. The number of nitrogens with zero attached hydrogens (tertiary/aromatic N) is 1. The predicted molar refractivity (Wildman–Crippen MR) is 94.6 cm³/mol. The van der Waals surface area contributed by atoms with Crippen molar-refractivity contribution in [2.45, 2.75) is 31.8 Å². The average Bonchev–Trinajstić information content (AvgIpc) is 3.04. The van der Waals surface area contributed by atoms with Crippen LogP contribution in [0.25, 0.3) is 0 Å². The van der Waals surface area contributed by atoms with Crippen LogP contribution in [0.15, 0.2) is 30.3 Å². The largest absolute Gasteiger partial charge is 0.465 e. The Labute approximate surface area is 143 Å². The van der Waals surface area contributed by atoms with E-state index in [1.807, 2.05) is 13.0 Å². The number of rotatable bonds is 6. The minimum absolute atomic E-state index is 0.150. The zero-order valence-electron chi connectivity index (χ0n) is 14.3. The first-order valence-corrected chi connectivity index (χ1v) is 8.95. The molecule has 3 atom stereocenters. The van der Waals surface area contributed by atoms with Gasteiger partial charge in [0.15, 0.2) is 0 Å². The Morgan fingerprint density at radius 1 is 1.38 bits per heavy atom. The van der Waals surface area contributed by atoms with Gasteiger partial charge in [0.2, 0.25) is 0 Å². The lowest BCUT2D eigenvalue weighted by molar-refractivity contribution is -0.146. The van der Waals surface area contributed by atoms with Gasteiger partial charge < -0.3 is 15.0 Å². The van der Waals surface area contributed by atoms with Gasteiger partial charge in [-0.3, -0.25) is 10.2 Å². The van der Waals surface area contributed by atoms with Crippen molar-refractivity contribution >= 4 is 11.7 Å². The fourth-order valence-corrected chi connectivity index (χ4v) is 3.63. The second-order valence-electron chi connectivity index (χ2n) is 6.62. The van der Waals surface area contributed by atoms with Crippen LogP contribution in [0.5, 0.6) is 0 Å². The molecule has 132 valence electrons. The fraction of sp³-hybridized carbons (Fsp3) is 0.611. The number of likely N-dealkylation sites (tertiary alicyclic amines) is 1. The molecule has 0 saturated carbocycles. The van der Waals surface area contributed by atoms with Gasteiger partial charge in [-0.05, 0) is 38.4 Å². The molecule has 0 amide bonds. The third-order valence-electron chi connectivity index (χ3n) is 4.78. The molecule has 0 radical (unpaired) electrons. The highest BCUT2D eigenvalue weighted by atomic mass is 16.5. The Morgan fingerprint density at radius 2 is 2.21 bits per heavy atom.